The van der Waals surface area contributed by atoms with E-state index in [9.17, 15) is 21.6 Å². The minimum Gasteiger partial charge on any atom is -0.325 e. The van der Waals surface area contributed by atoms with Crippen LogP contribution in [0.2, 0.25) is 0 Å². The standard InChI is InChI=1S/C26H29N3O5S3/c1-20-5-9-22(10-6-20)29(37(33,34)25-15-11-23(35-2)12-16-25)19-26(30)27-21-7-13-24(14-8-21)36(31,32)28-17-3-4-18-28/h5-16H,3-4,17-19H2,1-2H3,(H,27,30). The zero-order valence-electron chi connectivity index (χ0n) is 20.6. The number of carbonyl (C=O) groups excluding carboxylic acids is 1. The Morgan fingerprint density at radius 3 is 2.00 bits per heavy atom. The summed E-state index contributed by atoms with van der Waals surface area (Å²) in [5.74, 6) is -0.556. The number of rotatable bonds is 9. The molecule has 11 heteroatoms. The van der Waals surface area contributed by atoms with E-state index in [1.54, 1.807) is 36.4 Å². The summed E-state index contributed by atoms with van der Waals surface area (Å²) >= 11 is 1.50. The maximum atomic E-state index is 13.6. The molecule has 0 bridgehead atoms. The van der Waals surface area contributed by atoms with Crippen molar-refractivity contribution in [2.45, 2.75) is 34.5 Å². The first-order valence-electron chi connectivity index (χ1n) is 11.7. The zero-order chi connectivity index (χ0) is 26.6. The Kier molecular flexibility index (Phi) is 8.27. The Morgan fingerprint density at radius 1 is 0.865 bits per heavy atom. The number of aryl methyl sites for hydroxylation is 1. The maximum Gasteiger partial charge on any atom is 0.264 e. The highest BCUT2D eigenvalue weighted by atomic mass is 32.2. The van der Waals surface area contributed by atoms with E-state index in [0.717, 1.165) is 27.6 Å². The second-order valence-electron chi connectivity index (χ2n) is 8.71. The van der Waals surface area contributed by atoms with Crippen molar-refractivity contribution >= 4 is 49.1 Å². The molecule has 0 radical (unpaired) electrons. The maximum absolute atomic E-state index is 13.6. The van der Waals surface area contributed by atoms with Crippen LogP contribution in [-0.2, 0) is 24.8 Å². The summed E-state index contributed by atoms with van der Waals surface area (Å²) in [7, 11) is -7.60. The first-order valence-corrected chi connectivity index (χ1v) is 15.9. The molecule has 0 spiro atoms. The van der Waals surface area contributed by atoms with E-state index in [-0.39, 0.29) is 9.79 Å². The van der Waals surface area contributed by atoms with Crippen molar-refractivity contribution < 1.29 is 21.6 Å². The summed E-state index contributed by atoms with van der Waals surface area (Å²) in [6.45, 7) is 2.45. The van der Waals surface area contributed by atoms with Gasteiger partial charge in [-0.1, -0.05) is 17.7 Å². The quantitative estimate of drug-likeness (QED) is 0.391. The van der Waals surface area contributed by atoms with Gasteiger partial charge in [0.05, 0.1) is 15.5 Å². The molecular formula is C26H29N3O5S3. The zero-order valence-corrected chi connectivity index (χ0v) is 23.1. The normalized spacial score (nSPS) is 14.4. The fraction of sp³-hybridized carbons (Fsp3) is 0.269. The van der Waals surface area contributed by atoms with Crippen molar-refractivity contribution in [3.63, 3.8) is 0 Å². The molecule has 37 heavy (non-hydrogen) atoms. The van der Waals surface area contributed by atoms with E-state index in [0.29, 0.717) is 24.5 Å². The molecular weight excluding hydrogens is 531 g/mol. The van der Waals surface area contributed by atoms with Gasteiger partial charge in [0.2, 0.25) is 15.9 Å². The lowest BCUT2D eigenvalue weighted by Gasteiger charge is -2.24. The molecule has 1 heterocycles. The van der Waals surface area contributed by atoms with Gasteiger partial charge in [-0.15, -0.1) is 11.8 Å². The third-order valence-electron chi connectivity index (χ3n) is 6.10. The average molecular weight is 560 g/mol. The molecule has 4 rings (SSSR count). The van der Waals surface area contributed by atoms with Crippen LogP contribution in [0.15, 0.2) is 87.5 Å². The van der Waals surface area contributed by atoms with Crippen LogP contribution in [0.5, 0.6) is 0 Å². The number of anilines is 2. The van der Waals surface area contributed by atoms with Crippen molar-refractivity contribution in [2.24, 2.45) is 0 Å². The van der Waals surface area contributed by atoms with E-state index in [1.165, 1.54) is 52.5 Å². The molecule has 0 saturated carbocycles. The number of thioether (sulfide) groups is 1. The lowest BCUT2D eigenvalue weighted by atomic mass is 10.2. The third-order valence-corrected chi connectivity index (χ3v) is 10.5. The highest BCUT2D eigenvalue weighted by Gasteiger charge is 2.28. The minimum absolute atomic E-state index is 0.0788. The molecule has 0 unspecified atom stereocenters. The highest BCUT2D eigenvalue weighted by Crippen LogP contribution is 2.26. The molecule has 1 saturated heterocycles. The molecule has 0 aromatic heterocycles. The van der Waals surface area contributed by atoms with Crippen molar-refractivity contribution in [2.75, 3.05) is 35.5 Å². The van der Waals surface area contributed by atoms with Crippen molar-refractivity contribution in [1.82, 2.24) is 4.31 Å². The molecule has 1 amide bonds. The summed E-state index contributed by atoms with van der Waals surface area (Å²) < 4.78 is 55.1. The van der Waals surface area contributed by atoms with E-state index in [4.69, 9.17) is 0 Å². The second kappa shape index (κ2) is 11.3. The van der Waals surface area contributed by atoms with Gasteiger partial charge < -0.3 is 5.32 Å². The van der Waals surface area contributed by atoms with Crippen LogP contribution in [0, 0.1) is 6.92 Å². The van der Waals surface area contributed by atoms with E-state index >= 15 is 0 Å². The summed E-state index contributed by atoms with van der Waals surface area (Å²) in [5, 5.41) is 2.69. The molecule has 196 valence electrons. The lowest BCUT2D eigenvalue weighted by molar-refractivity contribution is -0.114. The van der Waals surface area contributed by atoms with Crippen LogP contribution in [0.4, 0.5) is 11.4 Å². The molecule has 0 atom stereocenters. The second-order valence-corrected chi connectivity index (χ2v) is 13.4. The minimum atomic E-state index is -4.04. The Bertz CT molecular complexity index is 1450. The summed E-state index contributed by atoms with van der Waals surface area (Å²) in [6.07, 6.45) is 3.59. The molecule has 1 fully saturated rings. The van der Waals surface area contributed by atoms with Gasteiger partial charge in [0.25, 0.3) is 10.0 Å². The number of nitrogens with one attached hydrogen (secondary N) is 1. The summed E-state index contributed by atoms with van der Waals surface area (Å²) in [4.78, 5) is 14.1. The van der Waals surface area contributed by atoms with Gasteiger partial charge in [-0.25, -0.2) is 16.8 Å². The SMILES string of the molecule is CSc1ccc(S(=O)(=O)N(CC(=O)Nc2ccc(S(=O)(=O)N3CCCC3)cc2)c2ccc(C)cc2)cc1. The molecule has 1 aliphatic heterocycles. The molecule has 3 aromatic carbocycles. The predicted octanol–water partition coefficient (Wildman–Crippen LogP) is 4.34. The van der Waals surface area contributed by atoms with E-state index in [2.05, 4.69) is 5.32 Å². The van der Waals surface area contributed by atoms with E-state index in [1.807, 2.05) is 13.2 Å². The number of sulfonamides is 2. The van der Waals surface area contributed by atoms with Gasteiger partial charge in [0, 0.05) is 23.7 Å². The van der Waals surface area contributed by atoms with Crippen LogP contribution in [0.25, 0.3) is 0 Å². The number of carbonyl (C=O) groups is 1. The number of nitrogens with zero attached hydrogens (tertiary/aromatic N) is 2. The summed E-state index contributed by atoms with van der Waals surface area (Å²) in [5.41, 5.74) is 1.69. The van der Waals surface area contributed by atoms with E-state index < -0.39 is 32.5 Å². The number of hydrogen-bond donors (Lipinski definition) is 1. The first kappa shape index (κ1) is 27.2. The molecule has 1 N–H and O–H groups in total. The van der Waals surface area contributed by atoms with Crippen LogP contribution >= 0.6 is 11.8 Å². The Hall–Kier alpha value is -2.86. The fourth-order valence-electron chi connectivity index (χ4n) is 4.02. The van der Waals surface area contributed by atoms with Crippen molar-refractivity contribution in [3.8, 4) is 0 Å². The van der Waals surface area contributed by atoms with Crippen LogP contribution in [-0.4, -0.2) is 52.9 Å². The monoisotopic (exact) mass is 559 g/mol. The third kappa shape index (κ3) is 6.18. The summed E-state index contributed by atoms with van der Waals surface area (Å²) in [6, 6.07) is 19.3. The Labute approximate surface area is 222 Å². The predicted molar refractivity (Wildman–Crippen MR) is 147 cm³/mol. The average Bonchev–Trinajstić information content (AvgIpc) is 3.44. The fourth-order valence-corrected chi connectivity index (χ4v) is 7.37. The van der Waals surface area contributed by atoms with Crippen LogP contribution in [0.1, 0.15) is 18.4 Å². The van der Waals surface area contributed by atoms with Crippen LogP contribution in [0.3, 0.4) is 0 Å². The molecule has 1 aliphatic rings. The number of hydrogen-bond acceptors (Lipinski definition) is 6. The largest absolute Gasteiger partial charge is 0.325 e. The first-order chi connectivity index (χ1) is 17.6. The van der Waals surface area contributed by atoms with Gasteiger partial charge in [-0.3, -0.25) is 9.10 Å². The molecule has 3 aromatic rings. The lowest BCUT2D eigenvalue weighted by Crippen LogP contribution is -2.38. The number of benzene rings is 3. The van der Waals surface area contributed by atoms with Crippen molar-refractivity contribution in [3.05, 3.63) is 78.4 Å². The topological polar surface area (TPSA) is 104 Å². The van der Waals surface area contributed by atoms with Gasteiger partial charge in [-0.05, 0) is 86.7 Å². The van der Waals surface area contributed by atoms with Gasteiger partial charge in [0.1, 0.15) is 6.54 Å². The Morgan fingerprint density at radius 2 is 1.43 bits per heavy atom. The van der Waals surface area contributed by atoms with Gasteiger partial charge in [-0.2, -0.15) is 4.31 Å². The van der Waals surface area contributed by atoms with Crippen molar-refractivity contribution in [1.29, 1.82) is 0 Å². The number of amides is 1. The van der Waals surface area contributed by atoms with Crippen LogP contribution < -0.4 is 9.62 Å². The highest BCUT2D eigenvalue weighted by molar-refractivity contribution is 7.98. The molecule has 8 nitrogen and oxygen atoms in total. The smallest absolute Gasteiger partial charge is 0.264 e. The van der Waals surface area contributed by atoms with Gasteiger partial charge in [0.15, 0.2) is 0 Å². The Balaban J connectivity index is 1.55. The molecule has 0 aliphatic carbocycles. The van der Waals surface area contributed by atoms with Gasteiger partial charge >= 0.3 is 0 Å².